The average Bonchev–Trinajstić information content (AvgIpc) is 3.49. The van der Waals surface area contributed by atoms with Crippen molar-refractivity contribution in [2.75, 3.05) is 0 Å². The van der Waals surface area contributed by atoms with Crippen molar-refractivity contribution in [1.29, 1.82) is 0 Å². The van der Waals surface area contributed by atoms with Gasteiger partial charge in [-0.1, -0.05) is 162 Å². The predicted octanol–water partition coefficient (Wildman–Crippen LogP) is 11.2. The summed E-state index contributed by atoms with van der Waals surface area (Å²) in [6, 6.07) is 39.2. The molecule has 4 heteroatoms. The largest absolute Gasteiger partial charge is 0.414 e. The van der Waals surface area contributed by atoms with Crippen molar-refractivity contribution < 1.29 is 4.32 Å². The van der Waals surface area contributed by atoms with Gasteiger partial charge in [-0.2, -0.15) is 0 Å². The maximum absolute atomic E-state index is 15.2. The molecule has 0 amide bonds. The van der Waals surface area contributed by atoms with Crippen molar-refractivity contribution in [1.82, 2.24) is 0 Å². The molecule has 0 aromatic heterocycles. The number of fused-ring (bicyclic) bond motifs is 10. The van der Waals surface area contributed by atoms with Crippen molar-refractivity contribution in [3.05, 3.63) is 174 Å². The highest BCUT2D eigenvalue weighted by atomic mass is 79.9. The first-order valence-electron chi connectivity index (χ1n) is 16.1. The summed E-state index contributed by atoms with van der Waals surface area (Å²) >= 11 is 7.67. The molecule has 1 spiro atoms. The van der Waals surface area contributed by atoms with E-state index in [-0.39, 0.29) is 5.41 Å². The lowest BCUT2D eigenvalue weighted by atomic mass is 9.53. The van der Waals surface area contributed by atoms with E-state index in [4.69, 9.17) is 0 Å². The number of rotatable bonds is 2. The zero-order valence-corrected chi connectivity index (χ0v) is 30.8. The molecule has 8 rings (SSSR count). The summed E-state index contributed by atoms with van der Waals surface area (Å²) in [7, 11) is 0. The predicted molar refractivity (Wildman–Crippen MR) is 206 cm³/mol. The Kier molecular flexibility index (Phi) is 8.17. The van der Waals surface area contributed by atoms with E-state index in [1.54, 1.807) is 0 Å². The molecule has 0 N–H and O–H groups in total. The Morgan fingerprint density at radius 1 is 0.468 bits per heavy atom. The van der Waals surface area contributed by atoms with Gasteiger partial charge in [-0.25, -0.2) is 0 Å². The summed E-state index contributed by atoms with van der Waals surface area (Å²) in [6.07, 6.45) is 0. The number of benzene rings is 6. The highest BCUT2D eigenvalue weighted by molar-refractivity contribution is 9.11. The van der Waals surface area contributed by atoms with E-state index in [0.29, 0.717) is 0 Å². The fraction of sp³-hybridized carbons (Fsp3) is 0.163. The van der Waals surface area contributed by atoms with Crippen LogP contribution in [0.3, 0.4) is 0 Å². The summed E-state index contributed by atoms with van der Waals surface area (Å²) in [5, 5.41) is 0. The molecule has 0 nitrogen and oxygen atoms in total. The number of halogens is 3. The van der Waals surface area contributed by atoms with Crippen LogP contribution >= 0.6 is 31.9 Å². The molecule has 6 aromatic rings. The second-order valence-corrected chi connectivity index (χ2v) is 14.9. The fourth-order valence-electron chi connectivity index (χ4n) is 8.47. The molecule has 232 valence electrons. The van der Waals surface area contributed by atoms with Crippen LogP contribution in [-0.4, -0.2) is 6.99 Å². The van der Waals surface area contributed by atoms with Crippen molar-refractivity contribution in [3.8, 4) is 22.3 Å². The molecule has 0 aliphatic heterocycles. The van der Waals surface area contributed by atoms with Crippen LogP contribution in [0.5, 0.6) is 0 Å². The van der Waals surface area contributed by atoms with Crippen LogP contribution in [0.1, 0.15) is 55.6 Å². The van der Waals surface area contributed by atoms with Crippen molar-refractivity contribution in [2.45, 2.75) is 47.0 Å². The molecule has 0 bridgehead atoms. The van der Waals surface area contributed by atoms with Gasteiger partial charge in [0.05, 0.1) is 5.41 Å². The van der Waals surface area contributed by atoms with E-state index < -0.39 is 6.99 Å². The third kappa shape index (κ3) is 4.90. The third-order valence-corrected chi connectivity index (χ3v) is 11.3. The van der Waals surface area contributed by atoms with E-state index in [0.717, 1.165) is 42.1 Å². The van der Waals surface area contributed by atoms with Gasteiger partial charge in [0.15, 0.2) is 0 Å². The van der Waals surface area contributed by atoms with Crippen molar-refractivity contribution >= 4 is 49.8 Å². The molecule has 0 saturated heterocycles. The van der Waals surface area contributed by atoms with E-state index in [1.807, 2.05) is 27.7 Å². The topological polar surface area (TPSA) is 0 Å². The fourth-order valence-corrected chi connectivity index (χ4v) is 9.63. The molecule has 0 unspecified atom stereocenters. The summed E-state index contributed by atoms with van der Waals surface area (Å²) < 4.78 is 17.5. The second kappa shape index (κ2) is 12.1. The molecule has 0 heterocycles. The molecule has 6 aromatic carbocycles. The molecular formula is C43H36BBr2F. The molecule has 0 radical (unpaired) electrons. The molecule has 0 atom stereocenters. The number of hydrogen-bond donors (Lipinski definition) is 0. The maximum Gasteiger partial charge on any atom is 0.414 e. The summed E-state index contributed by atoms with van der Waals surface area (Å²) in [5.74, 6) is 0. The van der Waals surface area contributed by atoms with Crippen molar-refractivity contribution in [3.63, 3.8) is 0 Å². The van der Waals surface area contributed by atoms with Crippen LogP contribution in [0.25, 0.3) is 22.3 Å². The van der Waals surface area contributed by atoms with Gasteiger partial charge in [0, 0.05) is 20.1 Å². The van der Waals surface area contributed by atoms with Gasteiger partial charge in [-0.15, -0.1) is 0 Å². The minimum Gasteiger partial charge on any atom is -0.322 e. The molecule has 2 aliphatic carbocycles. The first kappa shape index (κ1) is 31.9. The minimum absolute atomic E-state index is 0.259. The van der Waals surface area contributed by atoms with Gasteiger partial charge >= 0.3 is 6.99 Å². The Morgan fingerprint density at radius 3 is 1.19 bits per heavy atom. The number of aryl methyl sites for hydroxylation is 6. The Morgan fingerprint density at radius 2 is 0.809 bits per heavy atom. The second-order valence-electron chi connectivity index (χ2n) is 13.2. The lowest BCUT2D eigenvalue weighted by Gasteiger charge is -2.30. The molecule has 2 aliphatic rings. The van der Waals surface area contributed by atoms with Gasteiger partial charge in [0.2, 0.25) is 0 Å². The zero-order chi connectivity index (χ0) is 33.2. The van der Waals surface area contributed by atoms with Gasteiger partial charge in [-0.05, 0) is 98.0 Å². The molecule has 0 saturated carbocycles. The lowest BCUT2D eigenvalue weighted by molar-refractivity contribution is 0.793. The van der Waals surface area contributed by atoms with Crippen LogP contribution in [0.2, 0.25) is 0 Å². The van der Waals surface area contributed by atoms with Crippen molar-refractivity contribution in [2.24, 2.45) is 0 Å². The van der Waals surface area contributed by atoms with Crippen LogP contribution < -0.4 is 10.9 Å². The monoisotopic (exact) mass is 740 g/mol. The van der Waals surface area contributed by atoms with E-state index in [1.165, 1.54) is 55.6 Å². The Balaban J connectivity index is 0.000000158. The highest BCUT2D eigenvalue weighted by Gasteiger charge is 2.52. The molecule has 47 heavy (non-hydrogen) atoms. The first-order chi connectivity index (χ1) is 22.5. The minimum atomic E-state index is -1.05. The quantitative estimate of drug-likeness (QED) is 0.155. The smallest absolute Gasteiger partial charge is 0.322 e. The Hall–Kier alpha value is -3.73. The third-order valence-electron chi connectivity index (χ3n) is 10.0. The SMILES string of the molecule is Brc1cccc2c1-c1ccccc1C21c2ccccc2-c2c(Br)cccc21.Cc1cc(C)c(B(F)c2c(C)cc(C)cc2C)c(C)c1. The summed E-state index contributed by atoms with van der Waals surface area (Å²) in [5.41, 5.74) is 18.7. The lowest BCUT2D eigenvalue weighted by Crippen LogP contribution is -2.44. The van der Waals surface area contributed by atoms with E-state index >= 15 is 4.32 Å². The normalized spacial score (nSPS) is 13.0. The van der Waals surface area contributed by atoms with E-state index in [9.17, 15) is 0 Å². The van der Waals surface area contributed by atoms with Crippen LogP contribution in [-0.2, 0) is 5.41 Å². The summed E-state index contributed by atoms with van der Waals surface area (Å²) in [4.78, 5) is 0. The highest BCUT2D eigenvalue weighted by Crippen LogP contribution is 2.64. The van der Waals surface area contributed by atoms with Gasteiger partial charge < -0.3 is 4.32 Å². The van der Waals surface area contributed by atoms with E-state index in [2.05, 4.69) is 155 Å². The maximum atomic E-state index is 15.2. The average molecular weight is 742 g/mol. The van der Waals surface area contributed by atoms with Crippen LogP contribution in [0.15, 0.2) is 118 Å². The van der Waals surface area contributed by atoms with Gasteiger partial charge in [0.1, 0.15) is 0 Å². The first-order valence-corrected chi connectivity index (χ1v) is 17.7. The zero-order valence-electron chi connectivity index (χ0n) is 27.6. The Bertz CT molecular complexity index is 2010. The summed E-state index contributed by atoms with van der Waals surface area (Å²) in [6.45, 7) is 11.1. The molecule has 0 fully saturated rings. The Labute approximate surface area is 295 Å². The van der Waals surface area contributed by atoms with Gasteiger partial charge in [-0.3, -0.25) is 0 Å². The number of hydrogen-bond acceptors (Lipinski definition) is 0. The molecular weight excluding hydrogens is 706 g/mol. The van der Waals surface area contributed by atoms with Gasteiger partial charge in [0.25, 0.3) is 0 Å². The van der Waals surface area contributed by atoms with Crippen LogP contribution in [0, 0.1) is 41.5 Å². The standard InChI is InChI=1S/C25H14Br2.C18H22BF/c26-21-13-5-11-19-23(21)15-7-1-3-9-17(15)25(19)18-10-4-2-8-16(18)24-20(25)12-6-14-22(24)27;1-11-7-13(3)17(14(4)8-11)19(20)18-15(5)9-12(2)10-16(18)6/h1-14H;7-10H,1-6H3. The van der Waals surface area contributed by atoms with Crippen LogP contribution in [0.4, 0.5) is 4.32 Å².